The van der Waals surface area contributed by atoms with Gasteiger partial charge in [0.25, 0.3) is 0 Å². The summed E-state index contributed by atoms with van der Waals surface area (Å²) in [6.45, 7) is 6.81. The van der Waals surface area contributed by atoms with Crippen LogP contribution in [-0.2, 0) is 17.7 Å². The molecule has 144 valence electrons. The van der Waals surface area contributed by atoms with Crippen LogP contribution < -0.4 is 0 Å². The molecule has 0 fully saturated rings. The van der Waals surface area contributed by atoms with Crippen LogP contribution in [0.25, 0.3) is 11.6 Å². The van der Waals surface area contributed by atoms with Gasteiger partial charge in [-0.25, -0.2) is 0 Å². The molecule has 0 saturated carbocycles. The van der Waals surface area contributed by atoms with Crippen molar-refractivity contribution >= 4 is 11.8 Å². The van der Waals surface area contributed by atoms with E-state index in [1.165, 1.54) is 11.8 Å². The Hall–Kier alpha value is -2.87. The van der Waals surface area contributed by atoms with E-state index in [0.717, 1.165) is 10.7 Å². The van der Waals surface area contributed by atoms with Gasteiger partial charge in [0.2, 0.25) is 11.7 Å². The number of aromatic nitrogens is 5. The molecule has 0 atom stereocenters. The number of benzene rings is 1. The molecule has 1 aromatic carbocycles. The average molecular weight is 395 g/mol. The molecule has 7 nitrogen and oxygen atoms in total. The molecule has 0 aliphatic rings. The molecule has 0 radical (unpaired) electrons. The first kappa shape index (κ1) is 18.5. The van der Waals surface area contributed by atoms with Crippen molar-refractivity contribution in [1.82, 2.24) is 24.9 Å². The smallest absolute Gasteiger partial charge is 0.237 e. The predicted octanol–water partition coefficient (Wildman–Crippen LogP) is 4.56. The number of hydrogen-bond donors (Lipinski definition) is 0. The van der Waals surface area contributed by atoms with Crippen LogP contribution in [0.4, 0.5) is 0 Å². The molecule has 4 rings (SSSR count). The van der Waals surface area contributed by atoms with E-state index < -0.39 is 0 Å². The van der Waals surface area contributed by atoms with Gasteiger partial charge in [0.05, 0.1) is 18.6 Å². The summed E-state index contributed by atoms with van der Waals surface area (Å²) in [5.74, 6) is 3.17. The van der Waals surface area contributed by atoms with E-state index in [4.69, 9.17) is 8.94 Å². The van der Waals surface area contributed by atoms with Gasteiger partial charge in [-0.1, -0.05) is 68.0 Å². The van der Waals surface area contributed by atoms with Gasteiger partial charge in [-0.05, 0) is 17.7 Å². The maximum Gasteiger partial charge on any atom is 0.237 e. The van der Waals surface area contributed by atoms with E-state index >= 15 is 0 Å². The van der Waals surface area contributed by atoms with Crippen LogP contribution in [0.1, 0.15) is 38.0 Å². The summed E-state index contributed by atoms with van der Waals surface area (Å²) < 4.78 is 13.0. The second-order valence-corrected chi connectivity index (χ2v) is 8.35. The lowest BCUT2D eigenvalue weighted by Crippen LogP contribution is -2.13. The highest BCUT2D eigenvalue weighted by molar-refractivity contribution is 7.98. The van der Waals surface area contributed by atoms with E-state index in [-0.39, 0.29) is 5.41 Å². The van der Waals surface area contributed by atoms with Gasteiger partial charge < -0.3 is 8.94 Å². The average Bonchev–Trinajstić information content (AvgIpc) is 3.41. The highest BCUT2D eigenvalue weighted by Crippen LogP contribution is 2.28. The van der Waals surface area contributed by atoms with Gasteiger partial charge in [-0.2, -0.15) is 4.98 Å². The second-order valence-electron chi connectivity index (χ2n) is 7.41. The van der Waals surface area contributed by atoms with Crippen LogP contribution in [0.3, 0.4) is 0 Å². The fourth-order valence-corrected chi connectivity index (χ4v) is 3.41. The zero-order chi connectivity index (χ0) is 19.6. The molecule has 28 heavy (non-hydrogen) atoms. The molecule has 0 bridgehead atoms. The molecular weight excluding hydrogens is 374 g/mol. The van der Waals surface area contributed by atoms with Crippen molar-refractivity contribution < 1.29 is 8.94 Å². The third kappa shape index (κ3) is 4.01. The number of hydrogen-bond acceptors (Lipinski definition) is 7. The van der Waals surface area contributed by atoms with Gasteiger partial charge in [-0.15, -0.1) is 10.2 Å². The number of furan rings is 1. The first-order valence-electron chi connectivity index (χ1n) is 8.97. The molecule has 3 heterocycles. The zero-order valence-corrected chi connectivity index (χ0v) is 16.8. The van der Waals surface area contributed by atoms with Crippen LogP contribution in [0, 0.1) is 0 Å². The first-order chi connectivity index (χ1) is 13.5. The highest BCUT2D eigenvalue weighted by atomic mass is 32.2. The molecule has 8 heteroatoms. The van der Waals surface area contributed by atoms with Crippen molar-refractivity contribution in [2.75, 3.05) is 0 Å². The van der Waals surface area contributed by atoms with E-state index in [2.05, 4.69) is 53.2 Å². The third-order valence-electron chi connectivity index (χ3n) is 4.11. The molecule has 3 aromatic heterocycles. The summed E-state index contributed by atoms with van der Waals surface area (Å²) in [7, 11) is 0. The Bertz CT molecular complexity index is 1030. The molecule has 0 aliphatic carbocycles. The maximum absolute atomic E-state index is 5.54. The number of thioether (sulfide) groups is 1. The Morgan fingerprint density at radius 1 is 1.04 bits per heavy atom. The molecule has 0 aliphatic heterocycles. The van der Waals surface area contributed by atoms with E-state index in [0.29, 0.717) is 35.6 Å². The topological polar surface area (TPSA) is 82.8 Å². The molecule has 0 saturated heterocycles. The van der Waals surface area contributed by atoms with Crippen molar-refractivity contribution in [2.24, 2.45) is 0 Å². The van der Waals surface area contributed by atoms with Gasteiger partial charge in [0.15, 0.2) is 16.7 Å². The third-order valence-corrected chi connectivity index (χ3v) is 5.06. The first-order valence-corrected chi connectivity index (χ1v) is 9.96. The predicted molar refractivity (Wildman–Crippen MR) is 106 cm³/mol. The minimum atomic E-state index is -0.147. The summed E-state index contributed by atoms with van der Waals surface area (Å²) in [6.07, 6.45) is 1.64. The van der Waals surface area contributed by atoms with Gasteiger partial charge in [0.1, 0.15) is 0 Å². The molecule has 0 spiro atoms. The minimum Gasteiger partial charge on any atom is -0.461 e. The maximum atomic E-state index is 5.54. The Morgan fingerprint density at radius 2 is 1.86 bits per heavy atom. The van der Waals surface area contributed by atoms with Gasteiger partial charge in [0, 0.05) is 5.41 Å². The van der Waals surface area contributed by atoms with Gasteiger partial charge >= 0.3 is 0 Å². The zero-order valence-electron chi connectivity index (χ0n) is 16.0. The molecule has 0 unspecified atom stereocenters. The van der Waals surface area contributed by atoms with Crippen molar-refractivity contribution in [3.63, 3.8) is 0 Å². The normalized spacial score (nSPS) is 11.8. The second kappa shape index (κ2) is 7.63. The van der Waals surface area contributed by atoms with E-state index in [1.54, 1.807) is 6.26 Å². The Kier molecular flexibility index (Phi) is 5.04. The lowest BCUT2D eigenvalue weighted by molar-refractivity contribution is 0.372. The molecular formula is C20H21N5O2S. The quantitative estimate of drug-likeness (QED) is 0.443. The SMILES string of the molecule is CC(C)(C)c1noc(CSc2nnc(-c3ccco3)n2Cc2ccccc2)n1. The lowest BCUT2D eigenvalue weighted by atomic mass is 9.96. The summed E-state index contributed by atoms with van der Waals surface area (Å²) in [5, 5.41) is 13.6. The summed E-state index contributed by atoms with van der Waals surface area (Å²) in [4.78, 5) is 4.49. The standard InChI is InChI=1S/C20H21N5O2S/c1-20(2,3)18-21-16(27-24-18)13-28-19-23-22-17(15-10-7-11-26-15)25(19)12-14-8-5-4-6-9-14/h4-11H,12-13H2,1-3H3. The van der Waals surface area contributed by atoms with Crippen molar-refractivity contribution in [3.8, 4) is 11.6 Å². The van der Waals surface area contributed by atoms with Crippen molar-refractivity contribution in [3.05, 3.63) is 66.0 Å². The van der Waals surface area contributed by atoms with Crippen LogP contribution in [0.15, 0.2) is 62.8 Å². The van der Waals surface area contributed by atoms with Crippen molar-refractivity contribution in [2.45, 2.75) is 43.6 Å². The van der Waals surface area contributed by atoms with E-state index in [9.17, 15) is 0 Å². The lowest BCUT2D eigenvalue weighted by Gasteiger charge is -2.10. The Balaban J connectivity index is 1.59. The monoisotopic (exact) mass is 395 g/mol. The summed E-state index contributed by atoms with van der Waals surface area (Å²) in [6, 6.07) is 13.9. The molecule has 0 N–H and O–H groups in total. The fraction of sp³-hybridized carbons (Fsp3) is 0.300. The highest BCUT2D eigenvalue weighted by Gasteiger charge is 2.22. The van der Waals surface area contributed by atoms with Crippen molar-refractivity contribution in [1.29, 1.82) is 0 Å². The van der Waals surface area contributed by atoms with Crippen LogP contribution in [0.5, 0.6) is 0 Å². The Labute approximate surface area is 167 Å². The van der Waals surface area contributed by atoms with Gasteiger partial charge in [-0.3, -0.25) is 4.57 Å². The van der Waals surface area contributed by atoms with Crippen LogP contribution in [-0.4, -0.2) is 24.9 Å². The van der Waals surface area contributed by atoms with Crippen LogP contribution in [0.2, 0.25) is 0 Å². The largest absolute Gasteiger partial charge is 0.461 e. The Morgan fingerprint density at radius 3 is 2.54 bits per heavy atom. The summed E-state index contributed by atoms with van der Waals surface area (Å²) >= 11 is 1.51. The fourth-order valence-electron chi connectivity index (χ4n) is 2.64. The van der Waals surface area contributed by atoms with Crippen LogP contribution >= 0.6 is 11.8 Å². The summed E-state index contributed by atoms with van der Waals surface area (Å²) in [5.41, 5.74) is 1.01. The molecule has 4 aromatic rings. The minimum absolute atomic E-state index is 0.147. The molecule has 0 amide bonds. The number of rotatable bonds is 6. The van der Waals surface area contributed by atoms with E-state index in [1.807, 2.05) is 34.9 Å². The number of nitrogens with zero attached hydrogens (tertiary/aromatic N) is 5.